The number of aliphatic hydroxyl groups is 1. The molecule has 1 aromatic carbocycles. The molecule has 0 aliphatic carbocycles. The number of aliphatic hydroxyl groups excluding tert-OH is 1. The SMILES string of the molecule is CCCOc1ccc(CO)cc1-c1nc2c(CCC)nn(C)c2c(=O)[nH]1. The van der Waals surface area contributed by atoms with E-state index in [0.29, 0.717) is 34.8 Å². The summed E-state index contributed by atoms with van der Waals surface area (Å²) in [7, 11) is 1.75. The molecule has 138 valence electrons. The summed E-state index contributed by atoms with van der Waals surface area (Å²) in [6.45, 7) is 4.56. The van der Waals surface area contributed by atoms with E-state index in [1.54, 1.807) is 29.9 Å². The van der Waals surface area contributed by atoms with Crippen LogP contribution in [0.3, 0.4) is 0 Å². The molecule has 7 nitrogen and oxygen atoms in total. The van der Waals surface area contributed by atoms with Crippen LogP contribution in [0, 0.1) is 0 Å². The highest BCUT2D eigenvalue weighted by Gasteiger charge is 2.17. The zero-order valence-electron chi connectivity index (χ0n) is 15.4. The molecule has 0 radical (unpaired) electrons. The van der Waals surface area contributed by atoms with Gasteiger partial charge in [-0.25, -0.2) is 4.98 Å². The molecule has 0 bridgehead atoms. The highest BCUT2D eigenvalue weighted by molar-refractivity contribution is 5.79. The summed E-state index contributed by atoms with van der Waals surface area (Å²) in [4.78, 5) is 20.2. The molecule has 0 atom stereocenters. The molecule has 3 rings (SSSR count). The molecule has 2 heterocycles. The number of benzene rings is 1. The molecule has 0 amide bonds. The van der Waals surface area contributed by atoms with Crippen molar-refractivity contribution < 1.29 is 9.84 Å². The predicted molar refractivity (Wildman–Crippen MR) is 100 cm³/mol. The summed E-state index contributed by atoms with van der Waals surface area (Å²) in [6, 6.07) is 5.40. The van der Waals surface area contributed by atoms with Crippen LogP contribution in [0.25, 0.3) is 22.4 Å². The third kappa shape index (κ3) is 3.35. The quantitative estimate of drug-likeness (QED) is 0.679. The highest BCUT2D eigenvalue weighted by Crippen LogP contribution is 2.30. The molecule has 0 aliphatic rings. The van der Waals surface area contributed by atoms with Crippen LogP contribution < -0.4 is 10.3 Å². The topological polar surface area (TPSA) is 93.0 Å². The Morgan fingerprint density at radius 1 is 1.27 bits per heavy atom. The third-order valence-corrected chi connectivity index (χ3v) is 4.19. The summed E-state index contributed by atoms with van der Waals surface area (Å²) in [5.41, 5.74) is 3.04. The predicted octanol–water partition coefficient (Wildman–Crippen LogP) is 2.56. The smallest absolute Gasteiger partial charge is 0.277 e. The number of hydrogen-bond acceptors (Lipinski definition) is 5. The van der Waals surface area contributed by atoms with E-state index in [0.717, 1.165) is 30.5 Å². The Hall–Kier alpha value is -2.67. The number of rotatable bonds is 7. The van der Waals surface area contributed by atoms with Crippen molar-refractivity contribution in [2.45, 2.75) is 39.7 Å². The maximum Gasteiger partial charge on any atom is 0.277 e. The number of hydrogen-bond donors (Lipinski definition) is 2. The minimum absolute atomic E-state index is 0.0957. The summed E-state index contributed by atoms with van der Waals surface area (Å²) in [6.07, 6.45) is 2.54. The molecule has 0 saturated carbocycles. The van der Waals surface area contributed by atoms with Gasteiger partial charge in [-0.05, 0) is 30.5 Å². The van der Waals surface area contributed by atoms with Crippen molar-refractivity contribution in [2.75, 3.05) is 6.61 Å². The Labute approximate surface area is 151 Å². The Morgan fingerprint density at radius 2 is 2.08 bits per heavy atom. The zero-order chi connectivity index (χ0) is 18.7. The van der Waals surface area contributed by atoms with Crippen molar-refractivity contribution in [3.63, 3.8) is 0 Å². The number of H-pyrrole nitrogens is 1. The Balaban J connectivity index is 2.21. The van der Waals surface area contributed by atoms with Crippen LogP contribution in [0.15, 0.2) is 23.0 Å². The lowest BCUT2D eigenvalue weighted by atomic mass is 10.1. The van der Waals surface area contributed by atoms with Gasteiger partial charge in [-0.15, -0.1) is 0 Å². The van der Waals surface area contributed by atoms with Gasteiger partial charge in [-0.1, -0.05) is 26.3 Å². The van der Waals surface area contributed by atoms with E-state index in [1.165, 1.54) is 0 Å². The van der Waals surface area contributed by atoms with Gasteiger partial charge in [0.1, 0.15) is 17.1 Å². The monoisotopic (exact) mass is 356 g/mol. The summed E-state index contributed by atoms with van der Waals surface area (Å²) in [5, 5.41) is 13.9. The van der Waals surface area contributed by atoms with Crippen LogP contribution in [0.4, 0.5) is 0 Å². The third-order valence-electron chi connectivity index (χ3n) is 4.19. The Kier molecular flexibility index (Phi) is 5.37. The van der Waals surface area contributed by atoms with Crippen LogP contribution in [0.2, 0.25) is 0 Å². The lowest BCUT2D eigenvalue weighted by Gasteiger charge is -2.12. The van der Waals surface area contributed by atoms with E-state index in [2.05, 4.69) is 22.0 Å². The average Bonchev–Trinajstić information content (AvgIpc) is 2.96. The highest BCUT2D eigenvalue weighted by atomic mass is 16.5. The molecule has 0 saturated heterocycles. The van der Waals surface area contributed by atoms with Crippen molar-refractivity contribution in [3.05, 3.63) is 39.8 Å². The van der Waals surface area contributed by atoms with Crippen molar-refractivity contribution in [1.82, 2.24) is 19.7 Å². The first-order valence-electron chi connectivity index (χ1n) is 8.91. The largest absolute Gasteiger partial charge is 0.493 e. The number of aryl methyl sites for hydroxylation is 2. The van der Waals surface area contributed by atoms with E-state index >= 15 is 0 Å². The standard InChI is InChI=1S/C19H24N4O3/c1-4-6-14-16-17(23(3)22-14)19(25)21-18(20-16)13-10-12(11-24)7-8-15(13)26-9-5-2/h7-8,10,24H,4-6,9,11H2,1-3H3,(H,20,21,25). The van der Waals surface area contributed by atoms with Gasteiger partial charge in [0.05, 0.1) is 24.5 Å². The molecule has 0 fully saturated rings. The Bertz CT molecular complexity index is 975. The fraction of sp³-hybridized carbons (Fsp3) is 0.421. The fourth-order valence-electron chi connectivity index (χ4n) is 2.98. The van der Waals surface area contributed by atoms with E-state index in [9.17, 15) is 9.90 Å². The first-order valence-corrected chi connectivity index (χ1v) is 8.91. The summed E-state index contributed by atoms with van der Waals surface area (Å²) >= 11 is 0. The molecule has 7 heteroatoms. The average molecular weight is 356 g/mol. The molecule has 3 aromatic rings. The second kappa shape index (κ2) is 7.70. The van der Waals surface area contributed by atoms with Crippen molar-refractivity contribution in [1.29, 1.82) is 0 Å². The van der Waals surface area contributed by atoms with Gasteiger partial charge in [0, 0.05) is 7.05 Å². The fourth-order valence-corrected chi connectivity index (χ4v) is 2.98. The van der Waals surface area contributed by atoms with Gasteiger partial charge in [0.2, 0.25) is 0 Å². The Morgan fingerprint density at radius 3 is 2.77 bits per heavy atom. The maximum atomic E-state index is 12.6. The normalized spacial score (nSPS) is 11.2. The van der Waals surface area contributed by atoms with Crippen LogP contribution in [-0.4, -0.2) is 31.5 Å². The van der Waals surface area contributed by atoms with Crippen molar-refractivity contribution in [3.8, 4) is 17.1 Å². The van der Waals surface area contributed by atoms with Crippen LogP contribution >= 0.6 is 0 Å². The minimum Gasteiger partial charge on any atom is -0.493 e. The molecule has 2 aromatic heterocycles. The van der Waals surface area contributed by atoms with E-state index < -0.39 is 0 Å². The summed E-state index contributed by atoms with van der Waals surface area (Å²) < 4.78 is 7.39. The molecule has 0 aliphatic heterocycles. The molecular formula is C19H24N4O3. The van der Waals surface area contributed by atoms with Crippen LogP contribution in [0.1, 0.15) is 37.9 Å². The first-order chi connectivity index (χ1) is 12.6. The molecular weight excluding hydrogens is 332 g/mol. The van der Waals surface area contributed by atoms with Gasteiger partial charge < -0.3 is 14.8 Å². The van der Waals surface area contributed by atoms with Gasteiger partial charge in [-0.3, -0.25) is 9.48 Å². The van der Waals surface area contributed by atoms with E-state index in [4.69, 9.17) is 4.74 Å². The summed E-state index contributed by atoms with van der Waals surface area (Å²) in [5.74, 6) is 1.06. The molecule has 26 heavy (non-hydrogen) atoms. The van der Waals surface area contributed by atoms with Gasteiger partial charge in [0.15, 0.2) is 5.52 Å². The second-order valence-electron chi connectivity index (χ2n) is 6.27. The van der Waals surface area contributed by atoms with Crippen molar-refractivity contribution in [2.24, 2.45) is 7.05 Å². The van der Waals surface area contributed by atoms with Crippen molar-refractivity contribution >= 4 is 11.0 Å². The van der Waals surface area contributed by atoms with E-state index in [1.807, 2.05) is 6.92 Å². The molecule has 0 unspecified atom stereocenters. The number of aromatic nitrogens is 4. The second-order valence-corrected chi connectivity index (χ2v) is 6.27. The van der Waals surface area contributed by atoms with E-state index in [-0.39, 0.29) is 12.2 Å². The zero-order valence-corrected chi connectivity index (χ0v) is 15.4. The molecule has 0 spiro atoms. The lowest BCUT2D eigenvalue weighted by molar-refractivity contribution is 0.281. The molecule has 2 N–H and O–H groups in total. The number of nitrogens with one attached hydrogen (secondary N) is 1. The van der Waals surface area contributed by atoms with Gasteiger partial charge >= 0.3 is 0 Å². The lowest BCUT2D eigenvalue weighted by Crippen LogP contribution is -2.13. The van der Waals surface area contributed by atoms with Crippen LogP contribution in [0.5, 0.6) is 5.75 Å². The van der Waals surface area contributed by atoms with Gasteiger partial charge in [0.25, 0.3) is 5.56 Å². The van der Waals surface area contributed by atoms with Gasteiger partial charge in [-0.2, -0.15) is 5.10 Å². The minimum atomic E-state index is -0.238. The number of fused-ring (bicyclic) bond motifs is 1. The number of ether oxygens (including phenoxy) is 1. The maximum absolute atomic E-state index is 12.6. The van der Waals surface area contributed by atoms with Crippen LogP contribution in [-0.2, 0) is 20.1 Å². The first kappa shape index (κ1) is 18.1. The number of aromatic amines is 1. The number of nitrogens with zero attached hydrogens (tertiary/aromatic N) is 3.